The first-order chi connectivity index (χ1) is 8.93. The molecular formula is C14H20N2O3. The highest BCUT2D eigenvalue weighted by Gasteiger charge is 2.18. The molecule has 0 spiro atoms. The van der Waals surface area contributed by atoms with Gasteiger partial charge in [-0.3, -0.25) is 9.59 Å². The second kappa shape index (κ2) is 6.78. The van der Waals surface area contributed by atoms with Crippen LogP contribution < -0.4 is 5.32 Å². The molecule has 0 bridgehead atoms. The van der Waals surface area contributed by atoms with Crippen molar-refractivity contribution in [3.63, 3.8) is 0 Å². The Morgan fingerprint density at radius 1 is 1.42 bits per heavy atom. The molecule has 0 heterocycles. The fourth-order valence-electron chi connectivity index (χ4n) is 1.69. The van der Waals surface area contributed by atoms with Crippen molar-refractivity contribution in [1.29, 1.82) is 0 Å². The van der Waals surface area contributed by atoms with Gasteiger partial charge in [-0.2, -0.15) is 0 Å². The third-order valence-corrected chi connectivity index (χ3v) is 2.87. The minimum Gasteiger partial charge on any atom is -0.508 e. The van der Waals surface area contributed by atoms with Crippen molar-refractivity contribution in [2.24, 2.45) is 0 Å². The van der Waals surface area contributed by atoms with Crippen LogP contribution in [0.3, 0.4) is 0 Å². The van der Waals surface area contributed by atoms with E-state index in [1.54, 1.807) is 37.1 Å². The predicted octanol–water partition coefficient (Wildman–Crippen LogP) is 0.918. The van der Waals surface area contributed by atoms with Gasteiger partial charge in [0.05, 0.1) is 6.42 Å². The third kappa shape index (κ3) is 4.62. The molecule has 1 rings (SSSR count). The zero-order valence-electron chi connectivity index (χ0n) is 11.5. The first kappa shape index (κ1) is 15.0. The molecule has 0 aliphatic rings. The highest BCUT2D eigenvalue weighted by atomic mass is 16.3. The Bertz CT molecular complexity index is 460. The molecule has 104 valence electrons. The molecule has 0 saturated heterocycles. The summed E-state index contributed by atoms with van der Waals surface area (Å²) in [7, 11) is 1.69. The summed E-state index contributed by atoms with van der Waals surface area (Å²) in [6, 6.07) is 5.96. The Kier molecular flexibility index (Phi) is 5.36. The number of nitrogens with one attached hydrogen (secondary N) is 1. The van der Waals surface area contributed by atoms with E-state index in [9.17, 15) is 14.7 Å². The summed E-state index contributed by atoms with van der Waals surface area (Å²) >= 11 is 0. The number of phenolic OH excluding ortho intramolecular Hbond substituents is 1. The van der Waals surface area contributed by atoms with Gasteiger partial charge < -0.3 is 15.3 Å². The maximum absolute atomic E-state index is 11.8. The molecule has 1 aromatic carbocycles. The van der Waals surface area contributed by atoms with Crippen molar-refractivity contribution in [1.82, 2.24) is 10.2 Å². The summed E-state index contributed by atoms with van der Waals surface area (Å²) in [5.41, 5.74) is 0.709. The van der Waals surface area contributed by atoms with Gasteiger partial charge in [-0.05, 0) is 31.5 Å². The zero-order valence-corrected chi connectivity index (χ0v) is 11.5. The van der Waals surface area contributed by atoms with Crippen LogP contribution in [0.15, 0.2) is 24.3 Å². The molecule has 0 aliphatic carbocycles. The molecular weight excluding hydrogens is 244 g/mol. The van der Waals surface area contributed by atoms with E-state index in [4.69, 9.17) is 0 Å². The smallest absolute Gasteiger partial charge is 0.244 e. The van der Waals surface area contributed by atoms with Crippen LogP contribution in [-0.2, 0) is 16.0 Å². The van der Waals surface area contributed by atoms with Gasteiger partial charge in [-0.1, -0.05) is 12.1 Å². The first-order valence-corrected chi connectivity index (χ1v) is 6.26. The molecule has 1 aromatic rings. The molecule has 0 saturated carbocycles. The highest BCUT2D eigenvalue weighted by molar-refractivity contribution is 5.88. The fourth-order valence-corrected chi connectivity index (χ4v) is 1.69. The predicted molar refractivity (Wildman–Crippen MR) is 72.7 cm³/mol. The first-order valence-electron chi connectivity index (χ1n) is 6.26. The van der Waals surface area contributed by atoms with E-state index in [0.29, 0.717) is 12.1 Å². The highest BCUT2D eigenvalue weighted by Crippen LogP contribution is 2.11. The lowest BCUT2D eigenvalue weighted by Gasteiger charge is -2.20. The molecule has 19 heavy (non-hydrogen) atoms. The summed E-state index contributed by atoms with van der Waals surface area (Å²) in [6.45, 7) is 4.14. The number of carbonyl (C=O) groups is 2. The SMILES string of the molecule is CCN(C)C(=O)C(C)NC(=O)Cc1cccc(O)c1. The number of amides is 2. The summed E-state index contributed by atoms with van der Waals surface area (Å²) < 4.78 is 0. The van der Waals surface area contributed by atoms with E-state index in [0.717, 1.165) is 0 Å². The monoisotopic (exact) mass is 264 g/mol. The standard InChI is InChI=1S/C14H20N2O3/c1-4-16(3)14(19)10(2)15-13(18)9-11-6-5-7-12(17)8-11/h5-8,10,17H,4,9H2,1-3H3,(H,15,18). The average Bonchev–Trinajstić information content (AvgIpc) is 2.36. The van der Waals surface area contributed by atoms with Crippen molar-refractivity contribution in [3.8, 4) is 5.75 Å². The Hall–Kier alpha value is -2.04. The minimum absolute atomic E-state index is 0.119. The molecule has 1 unspecified atom stereocenters. The molecule has 0 fully saturated rings. The van der Waals surface area contributed by atoms with E-state index < -0.39 is 6.04 Å². The van der Waals surface area contributed by atoms with Crippen molar-refractivity contribution in [3.05, 3.63) is 29.8 Å². The lowest BCUT2D eigenvalue weighted by molar-refractivity contribution is -0.134. The third-order valence-electron chi connectivity index (χ3n) is 2.87. The molecule has 5 heteroatoms. The van der Waals surface area contributed by atoms with E-state index in [2.05, 4.69) is 5.32 Å². The van der Waals surface area contributed by atoms with Crippen molar-refractivity contribution in [2.75, 3.05) is 13.6 Å². The topological polar surface area (TPSA) is 69.6 Å². The summed E-state index contributed by atoms with van der Waals surface area (Å²) in [5, 5.41) is 12.0. The van der Waals surface area contributed by atoms with Gasteiger partial charge in [0.15, 0.2) is 0 Å². The van der Waals surface area contributed by atoms with Gasteiger partial charge in [-0.15, -0.1) is 0 Å². The molecule has 0 aliphatic heterocycles. The van der Waals surface area contributed by atoms with Crippen molar-refractivity contribution >= 4 is 11.8 Å². The fraction of sp³-hybridized carbons (Fsp3) is 0.429. The van der Waals surface area contributed by atoms with Crippen LogP contribution >= 0.6 is 0 Å². The molecule has 1 atom stereocenters. The lowest BCUT2D eigenvalue weighted by atomic mass is 10.1. The van der Waals surface area contributed by atoms with Gasteiger partial charge in [0.2, 0.25) is 11.8 Å². The maximum Gasteiger partial charge on any atom is 0.244 e. The van der Waals surface area contributed by atoms with Gasteiger partial charge in [-0.25, -0.2) is 0 Å². The van der Waals surface area contributed by atoms with Gasteiger partial charge >= 0.3 is 0 Å². The van der Waals surface area contributed by atoms with Crippen LogP contribution in [0.1, 0.15) is 19.4 Å². The number of likely N-dealkylation sites (N-methyl/N-ethyl adjacent to an activating group) is 1. The van der Waals surface area contributed by atoms with Crippen LogP contribution in [0.5, 0.6) is 5.75 Å². The van der Waals surface area contributed by atoms with Crippen molar-refractivity contribution < 1.29 is 14.7 Å². The van der Waals surface area contributed by atoms with Gasteiger partial charge in [0.1, 0.15) is 11.8 Å². The summed E-state index contributed by atoms with van der Waals surface area (Å²) in [4.78, 5) is 25.1. The number of rotatable bonds is 5. The van der Waals surface area contributed by atoms with E-state index >= 15 is 0 Å². The molecule has 2 amide bonds. The van der Waals surface area contributed by atoms with Crippen LogP contribution in [-0.4, -0.2) is 41.5 Å². The number of phenols is 1. The van der Waals surface area contributed by atoms with Crippen LogP contribution in [0.4, 0.5) is 0 Å². The second-order valence-corrected chi connectivity index (χ2v) is 4.49. The summed E-state index contributed by atoms with van der Waals surface area (Å²) in [6.07, 6.45) is 0.141. The quantitative estimate of drug-likeness (QED) is 0.830. The Morgan fingerprint density at radius 2 is 2.11 bits per heavy atom. The lowest BCUT2D eigenvalue weighted by Crippen LogP contribution is -2.45. The Morgan fingerprint density at radius 3 is 2.68 bits per heavy atom. The number of carbonyl (C=O) groups excluding carboxylic acids is 2. The number of hydrogen-bond donors (Lipinski definition) is 2. The molecule has 0 aromatic heterocycles. The largest absolute Gasteiger partial charge is 0.508 e. The average molecular weight is 264 g/mol. The van der Waals surface area contributed by atoms with Crippen molar-refractivity contribution in [2.45, 2.75) is 26.3 Å². The molecule has 5 nitrogen and oxygen atoms in total. The van der Waals surface area contributed by atoms with Crippen LogP contribution in [0.25, 0.3) is 0 Å². The Balaban J connectivity index is 2.54. The number of nitrogens with zero attached hydrogens (tertiary/aromatic N) is 1. The molecule has 2 N–H and O–H groups in total. The number of aromatic hydroxyl groups is 1. The molecule has 0 radical (unpaired) electrons. The van der Waals surface area contributed by atoms with Gasteiger partial charge in [0, 0.05) is 13.6 Å². The van der Waals surface area contributed by atoms with E-state index in [-0.39, 0.29) is 24.0 Å². The normalized spacial score (nSPS) is 11.7. The zero-order chi connectivity index (χ0) is 14.4. The van der Waals surface area contributed by atoms with E-state index in [1.165, 1.54) is 6.07 Å². The number of benzene rings is 1. The van der Waals surface area contributed by atoms with Gasteiger partial charge in [0.25, 0.3) is 0 Å². The Labute approximate surface area is 113 Å². The number of hydrogen-bond acceptors (Lipinski definition) is 3. The maximum atomic E-state index is 11.8. The van der Waals surface area contributed by atoms with Crippen LogP contribution in [0, 0.1) is 0 Å². The second-order valence-electron chi connectivity index (χ2n) is 4.49. The van der Waals surface area contributed by atoms with E-state index in [1.807, 2.05) is 6.92 Å². The summed E-state index contributed by atoms with van der Waals surface area (Å²) in [5.74, 6) is -0.233. The van der Waals surface area contributed by atoms with Crippen LogP contribution in [0.2, 0.25) is 0 Å². The minimum atomic E-state index is -0.547.